The fourth-order valence-corrected chi connectivity index (χ4v) is 2.58. The fraction of sp³-hybridized carbons (Fsp3) is 0.700. The first-order valence-corrected chi connectivity index (χ1v) is 6.84. The van der Waals surface area contributed by atoms with Gasteiger partial charge in [0.2, 0.25) is 11.8 Å². The van der Waals surface area contributed by atoms with Crippen molar-refractivity contribution in [3.8, 4) is 0 Å². The summed E-state index contributed by atoms with van der Waals surface area (Å²) in [6.45, 7) is 0.625. The summed E-state index contributed by atoms with van der Waals surface area (Å²) in [5.74, 6) is 0.539. The highest BCUT2D eigenvalue weighted by Gasteiger charge is 2.25. The molecule has 96 valence electrons. The SMILES string of the molecule is CN(C)NC(=O)CCCCN1C(=O)CSC1=S. The first kappa shape index (κ1) is 14.4. The fourth-order valence-electron chi connectivity index (χ4n) is 1.46. The van der Waals surface area contributed by atoms with Gasteiger partial charge in [-0.1, -0.05) is 24.0 Å². The lowest BCUT2D eigenvalue weighted by atomic mass is 10.2. The number of carbonyl (C=O) groups excluding carboxylic acids is 2. The molecule has 0 aromatic rings. The van der Waals surface area contributed by atoms with E-state index in [1.807, 2.05) is 0 Å². The van der Waals surface area contributed by atoms with Crippen molar-refractivity contribution in [3.05, 3.63) is 0 Å². The van der Waals surface area contributed by atoms with Crippen LogP contribution < -0.4 is 5.43 Å². The van der Waals surface area contributed by atoms with Gasteiger partial charge in [-0.2, -0.15) is 0 Å². The molecule has 0 radical (unpaired) electrons. The quantitative estimate of drug-likeness (QED) is 0.437. The highest BCUT2D eigenvalue weighted by Crippen LogP contribution is 2.19. The number of nitrogens with one attached hydrogen (secondary N) is 1. The standard InChI is InChI=1S/C10H17N3O2S2/c1-12(2)11-8(14)5-3-4-6-13-9(15)7-17-10(13)16/h3-7H2,1-2H3,(H,11,14). The van der Waals surface area contributed by atoms with Gasteiger partial charge in [-0.3, -0.25) is 19.9 Å². The largest absolute Gasteiger partial charge is 0.297 e. The monoisotopic (exact) mass is 275 g/mol. The van der Waals surface area contributed by atoms with Gasteiger partial charge in [0.1, 0.15) is 4.32 Å². The minimum atomic E-state index is -0.000278. The number of thioether (sulfide) groups is 1. The Balaban J connectivity index is 2.14. The molecule has 0 spiro atoms. The van der Waals surface area contributed by atoms with Gasteiger partial charge in [0.05, 0.1) is 5.75 Å². The highest BCUT2D eigenvalue weighted by molar-refractivity contribution is 8.23. The smallest absolute Gasteiger partial charge is 0.238 e. The third-order valence-electron chi connectivity index (χ3n) is 2.22. The maximum atomic E-state index is 11.4. The summed E-state index contributed by atoms with van der Waals surface area (Å²) < 4.78 is 0.660. The molecule has 0 aromatic heterocycles. The first-order valence-electron chi connectivity index (χ1n) is 5.44. The van der Waals surface area contributed by atoms with Crippen molar-refractivity contribution in [1.29, 1.82) is 0 Å². The molecule has 5 nitrogen and oxygen atoms in total. The predicted molar refractivity (Wildman–Crippen MR) is 72.4 cm³/mol. The molecule has 1 N–H and O–H groups in total. The molecular weight excluding hydrogens is 258 g/mol. The first-order chi connectivity index (χ1) is 8.00. The summed E-state index contributed by atoms with van der Waals surface area (Å²) in [4.78, 5) is 24.3. The molecule has 7 heteroatoms. The van der Waals surface area contributed by atoms with Crippen molar-refractivity contribution in [3.63, 3.8) is 0 Å². The number of rotatable bonds is 6. The van der Waals surface area contributed by atoms with Crippen LogP contribution in [0.4, 0.5) is 0 Å². The van der Waals surface area contributed by atoms with E-state index in [4.69, 9.17) is 12.2 Å². The van der Waals surface area contributed by atoms with Gasteiger partial charge in [-0.05, 0) is 12.8 Å². The number of nitrogens with zero attached hydrogens (tertiary/aromatic N) is 2. The third kappa shape index (κ3) is 5.01. The zero-order valence-corrected chi connectivity index (χ0v) is 11.7. The lowest BCUT2D eigenvalue weighted by molar-refractivity contribution is -0.124. The Morgan fingerprint density at radius 1 is 1.53 bits per heavy atom. The van der Waals surface area contributed by atoms with E-state index >= 15 is 0 Å². The molecule has 17 heavy (non-hydrogen) atoms. The van der Waals surface area contributed by atoms with Crippen LogP contribution in [-0.4, -0.2) is 52.4 Å². The van der Waals surface area contributed by atoms with E-state index in [-0.39, 0.29) is 11.8 Å². The van der Waals surface area contributed by atoms with Gasteiger partial charge in [-0.15, -0.1) is 0 Å². The van der Waals surface area contributed by atoms with E-state index in [0.29, 0.717) is 23.0 Å². The Hall–Kier alpha value is -0.660. The molecule has 1 saturated heterocycles. The molecule has 1 fully saturated rings. The van der Waals surface area contributed by atoms with E-state index in [2.05, 4.69) is 5.43 Å². The van der Waals surface area contributed by atoms with Crippen molar-refractivity contribution in [2.75, 3.05) is 26.4 Å². The second-order valence-electron chi connectivity index (χ2n) is 3.99. The van der Waals surface area contributed by atoms with Crippen molar-refractivity contribution in [2.24, 2.45) is 0 Å². The Kier molecular flexibility index (Phi) is 5.87. The summed E-state index contributed by atoms with van der Waals surface area (Å²) in [6.07, 6.45) is 2.03. The second kappa shape index (κ2) is 6.93. The van der Waals surface area contributed by atoms with E-state index < -0.39 is 0 Å². The maximum Gasteiger partial charge on any atom is 0.238 e. The number of carbonyl (C=O) groups is 2. The van der Waals surface area contributed by atoms with Crippen molar-refractivity contribution >= 4 is 40.1 Å². The average Bonchev–Trinajstić information content (AvgIpc) is 2.54. The molecular formula is C10H17N3O2S2. The Morgan fingerprint density at radius 3 is 2.76 bits per heavy atom. The number of hydrogen-bond acceptors (Lipinski definition) is 5. The zero-order chi connectivity index (χ0) is 12.8. The molecule has 0 saturated carbocycles. The topological polar surface area (TPSA) is 52.7 Å². The molecule has 1 aliphatic rings. The molecule has 0 aliphatic carbocycles. The number of hydrazine groups is 1. The van der Waals surface area contributed by atoms with E-state index in [9.17, 15) is 9.59 Å². The van der Waals surface area contributed by atoms with Crippen LogP contribution in [-0.2, 0) is 9.59 Å². The van der Waals surface area contributed by atoms with Gasteiger partial charge in [-0.25, -0.2) is 5.01 Å². The number of hydrogen-bond donors (Lipinski definition) is 1. The van der Waals surface area contributed by atoms with Gasteiger partial charge in [0.15, 0.2) is 0 Å². The molecule has 0 bridgehead atoms. The van der Waals surface area contributed by atoms with Crippen LogP contribution in [0, 0.1) is 0 Å². The summed E-state index contributed by atoms with van der Waals surface area (Å²) >= 11 is 6.47. The lowest BCUT2D eigenvalue weighted by Crippen LogP contribution is -2.36. The predicted octanol–water partition coefficient (Wildman–Crippen LogP) is 0.610. The molecule has 1 heterocycles. The number of unbranched alkanes of at least 4 members (excludes halogenated alkanes) is 1. The minimum Gasteiger partial charge on any atom is -0.297 e. The van der Waals surface area contributed by atoms with Crippen LogP contribution >= 0.6 is 24.0 Å². The van der Waals surface area contributed by atoms with Crippen LogP contribution in [0.25, 0.3) is 0 Å². The summed E-state index contributed by atoms with van der Waals surface area (Å²) in [5, 5.41) is 1.62. The van der Waals surface area contributed by atoms with E-state index in [1.54, 1.807) is 24.0 Å². The highest BCUT2D eigenvalue weighted by atomic mass is 32.2. The van der Waals surface area contributed by atoms with Gasteiger partial charge in [0, 0.05) is 27.1 Å². The van der Waals surface area contributed by atoms with Crippen LogP contribution in [0.1, 0.15) is 19.3 Å². The summed E-state index contributed by atoms with van der Waals surface area (Å²) in [6, 6.07) is 0. The summed E-state index contributed by atoms with van der Waals surface area (Å²) in [7, 11) is 3.55. The van der Waals surface area contributed by atoms with Gasteiger partial charge in [0.25, 0.3) is 0 Å². The Morgan fingerprint density at radius 2 is 2.24 bits per heavy atom. The Labute approximate surface area is 111 Å². The van der Waals surface area contributed by atoms with E-state index in [0.717, 1.165) is 12.8 Å². The summed E-state index contributed by atoms with van der Waals surface area (Å²) in [5.41, 5.74) is 2.67. The lowest BCUT2D eigenvalue weighted by Gasteiger charge is -2.15. The second-order valence-corrected chi connectivity index (χ2v) is 5.60. The minimum absolute atomic E-state index is 0.000278. The molecule has 1 rings (SSSR count). The average molecular weight is 275 g/mol. The molecule has 1 aliphatic heterocycles. The normalized spacial score (nSPS) is 15.8. The van der Waals surface area contributed by atoms with E-state index in [1.165, 1.54) is 11.8 Å². The van der Waals surface area contributed by atoms with Crippen LogP contribution in [0.5, 0.6) is 0 Å². The van der Waals surface area contributed by atoms with Crippen molar-refractivity contribution < 1.29 is 9.59 Å². The molecule has 0 unspecified atom stereocenters. The maximum absolute atomic E-state index is 11.4. The Bertz CT molecular complexity index is 305. The zero-order valence-electron chi connectivity index (χ0n) is 10.1. The third-order valence-corrected chi connectivity index (χ3v) is 3.66. The van der Waals surface area contributed by atoms with Gasteiger partial charge >= 0.3 is 0 Å². The van der Waals surface area contributed by atoms with Crippen LogP contribution in [0.3, 0.4) is 0 Å². The van der Waals surface area contributed by atoms with Crippen molar-refractivity contribution in [2.45, 2.75) is 19.3 Å². The number of thiocarbonyl (C=S) groups is 1. The van der Waals surface area contributed by atoms with Crippen LogP contribution in [0.15, 0.2) is 0 Å². The number of amides is 2. The van der Waals surface area contributed by atoms with Crippen LogP contribution in [0.2, 0.25) is 0 Å². The molecule has 0 aromatic carbocycles. The molecule has 2 amide bonds. The van der Waals surface area contributed by atoms with Crippen molar-refractivity contribution in [1.82, 2.24) is 15.3 Å². The molecule has 0 atom stereocenters. The van der Waals surface area contributed by atoms with Gasteiger partial charge < -0.3 is 0 Å².